The van der Waals surface area contributed by atoms with E-state index in [4.69, 9.17) is 0 Å². The molecule has 6 aromatic carbocycles. The maximum absolute atomic E-state index is 3.77. The van der Waals surface area contributed by atoms with E-state index < -0.39 is 0 Å². The Bertz CT molecular complexity index is 2530. The van der Waals surface area contributed by atoms with Gasteiger partial charge in [0, 0.05) is 39.4 Å². The fraction of sp³-hybridized carbons (Fsp3) is 0.0638. The van der Waals surface area contributed by atoms with E-state index in [1.807, 2.05) is 0 Å². The van der Waals surface area contributed by atoms with Gasteiger partial charge in [-0.25, -0.2) is 0 Å². The zero-order valence-electron chi connectivity index (χ0n) is 27.5. The van der Waals surface area contributed by atoms with E-state index in [0.717, 1.165) is 5.70 Å². The molecule has 2 aliphatic heterocycles. The Hall–Kier alpha value is -6.32. The first-order valence-electron chi connectivity index (χ1n) is 17.5. The summed E-state index contributed by atoms with van der Waals surface area (Å²) in [5.41, 5.74) is 13.5. The summed E-state index contributed by atoms with van der Waals surface area (Å²) in [5.74, 6) is 0.278. The van der Waals surface area contributed by atoms with Crippen LogP contribution in [-0.4, -0.2) is 10.6 Å². The van der Waals surface area contributed by atoms with E-state index in [1.165, 1.54) is 66.7 Å². The molecule has 3 nitrogen and oxygen atoms in total. The highest BCUT2D eigenvalue weighted by molar-refractivity contribution is 6.10. The second-order valence-corrected chi connectivity index (χ2v) is 13.4. The SMILES string of the molecule is C1=CC(c2ccccc2)NC(c2cccc(N3c4ccc(-c5ccc6c(c5)c5ccccc5n6-c5ccccc5)cc4C4C=CC=CC43)c2)=C1. The molecule has 238 valence electrons. The third-order valence-corrected chi connectivity index (χ3v) is 10.5. The highest BCUT2D eigenvalue weighted by Crippen LogP contribution is 2.49. The van der Waals surface area contributed by atoms with Gasteiger partial charge in [-0.05, 0) is 88.5 Å². The number of dihydropyridines is 1. The van der Waals surface area contributed by atoms with Crippen molar-refractivity contribution in [3.63, 3.8) is 0 Å². The second kappa shape index (κ2) is 11.7. The minimum Gasteiger partial charge on any atom is -0.374 e. The Morgan fingerprint density at radius 3 is 2.14 bits per heavy atom. The van der Waals surface area contributed by atoms with E-state index in [9.17, 15) is 0 Å². The monoisotopic (exact) mass is 641 g/mol. The average Bonchev–Trinajstić information content (AvgIpc) is 3.71. The average molecular weight is 642 g/mol. The molecular weight excluding hydrogens is 607 g/mol. The molecule has 0 amide bonds. The number of hydrogen-bond acceptors (Lipinski definition) is 2. The molecule has 3 heteroatoms. The fourth-order valence-electron chi connectivity index (χ4n) is 8.21. The molecule has 3 heterocycles. The molecule has 50 heavy (non-hydrogen) atoms. The van der Waals surface area contributed by atoms with Crippen LogP contribution in [0.1, 0.15) is 28.7 Å². The molecule has 0 saturated heterocycles. The summed E-state index contributed by atoms with van der Waals surface area (Å²) < 4.78 is 2.38. The number of nitrogens with one attached hydrogen (secondary N) is 1. The van der Waals surface area contributed by atoms with E-state index in [1.54, 1.807) is 0 Å². The van der Waals surface area contributed by atoms with Gasteiger partial charge in [0.15, 0.2) is 0 Å². The van der Waals surface area contributed by atoms with Gasteiger partial charge in [-0.15, -0.1) is 0 Å². The van der Waals surface area contributed by atoms with Crippen LogP contribution in [0.25, 0.3) is 44.3 Å². The van der Waals surface area contributed by atoms with Crippen molar-refractivity contribution in [1.29, 1.82) is 0 Å². The highest BCUT2D eigenvalue weighted by Gasteiger charge is 2.37. The molecule has 0 fully saturated rings. The molecular formula is C47H35N3. The molecule has 1 aliphatic carbocycles. The van der Waals surface area contributed by atoms with Gasteiger partial charge >= 0.3 is 0 Å². The van der Waals surface area contributed by atoms with Crippen molar-refractivity contribution in [3.05, 3.63) is 205 Å². The lowest BCUT2D eigenvalue weighted by Crippen LogP contribution is -2.28. The first kappa shape index (κ1) is 28.7. The Labute approximate surface area is 292 Å². The standard InChI is InChI=1S/C47H35N3/c1-3-13-32(14-4-1)42-21-12-22-43(48-42)35-15-11-18-37(29-35)50-45-24-10-8-20-39(45)41-31-34(26-28-47(41)50)33-25-27-46-40(30-33)38-19-7-9-23-44(38)49(46)36-16-5-2-6-17-36/h1-31,39,42,45,48H. The first-order valence-corrected chi connectivity index (χ1v) is 17.5. The van der Waals surface area contributed by atoms with Gasteiger partial charge in [0.1, 0.15) is 0 Å². The van der Waals surface area contributed by atoms with Crippen molar-refractivity contribution >= 4 is 38.9 Å². The maximum Gasteiger partial charge on any atom is 0.0701 e. The van der Waals surface area contributed by atoms with Crippen molar-refractivity contribution in [2.45, 2.75) is 18.0 Å². The number of benzene rings is 6. The number of nitrogens with zero attached hydrogens (tertiary/aromatic N) is 2. The van der Waals surface area contributed by atoms with E-state index >= 15 is 0 Å². The lowest BCUT2D eigenvalue weighted by molar-refractivity contribution is 0.744. The van der Waals surface area contributed by atoms with Crippen molar-refractivity contribution in [2.24, 2.45) is 0 Å². The summed E-state index contributed by atoms with van der Waals surface area (Å²) in [6, 6.07) is 53.4. The number of fused-ring (bicyclic) bond motifs is 6. The topological polar surface area (TPSA) is 20.2 Å². The van der Waals surface area contributed by atoms with Gasteiger partial charge in [-0.2, -0.15) is 0 Å². The van der Waals surface area contributed by atoms with Crippen LogP contribution in [-0.2, 0) is 0 Å². The Morgan fingerprint density at radius 2 is 1.24 bits per heavy atom. The van der Waals surface area contributed by atoms with E-state index in [0.29, 0.717) is 0 Å². The predicted molar refractivity (Wildman–Crippen MR) is 209 cm³/mol. The van der Waals surface area contributed by atoms with Crippen molar-refractivity contribution in [2.75, 3.05) is 4.90 Å². The van der Waals surface area contributed by atoms with Gasteiger partial charge in [0.05, 0.1) is 23.1 Å². The van der Waals surface area contributed by atoms with Gasteiger partial charge in [-0.1, -0.05) is 127 Å². The van der Waals surface area contributed by atoms with Crippen LogP contribution >= 0.6 is 0 Å². The zero-order chi connectivity index (χ0) is 33.0. The Kier molecular flexibility index (Phi) is 6.70. The van der Waals surface area contributed by atoms with Gasteiger partial charge < -0.3 is 14.8 Å². The number of allylic oxidation sites excluding steroid dienone is 4. The molecule has 0 spiro atoms. The van der Waals surface area contributed by atoms with Crippen LogP contribution in [0.15, 0.2) is 188 Å². The molecule has 7 aromatic rings. The number of para-hydroxylation sites is 2. The van der Waals surface area contributed by atoms with E-state index in [-0.39, 0.29) is 18.0 Å². The van der Waals surface area contributed by atoms with Crippen molar-refractivity contribution < 1.29 is 0 Å². The number of rotatable bonds is 5. The molecule has 3 aliphatic rings. The second-order valence-electron chi connectivity index (χ2n) is 13.4. The van der Waals surface area contributed by atoms with E-state index in [2.05, 4.69) is 203 Å². The minimum atomic E-state index is 0.149. The quantitative estimate of drug-likeness (QED) is 0.202. The van der Waals surface area contributed by atoms with Crippen LogP contribution in [0.5, 0.6) is 0 Å². The highest BCUT2D eigenvalue weighted by atomic mass is 15.2. The molecule has 1 N–H and O–H groups in total. The summed E-state index contributed by atoms with van der Waals surface area (Å²) in [4.78, 5) is 2.53. The molecule has 3 atom stereocenters. The summed E-state index contributed by atoms with van der Waals surface area (Å²) in [7, 11) is 0. The van der Waals surface area contributed by atoms with Crippen LogP contribution in [0.2, 0.25) is 0 Å². The Morgan fingerprint density at radius 1 is 0.500 bits per heavy atom. The molecule has 1 aromatic heterocycles. The zero-order valence-corrected chi connectivity index (χ0v) is 27.5. The fourth-order valence-corrected chi connectivity index (χ4v) is 8.21. The molecule has 0 saturated carbocycles. The Balaban J connectivity index is 1.03. The summed E-state index contributed by atoms with van der Waals surface area (Å²) in [6.45, 7) is 0. The summed E-state index contributed by atoms with van der Waals surface area (Å²) in [5, 5.41) is 6.31. The van der Waals surface area contributed by atoms with Gasteiger partial charge in [0.25, 0.3) is 0 Å². The van der Waals surface area contributed by atoms with Crippen molar-refractivity contribution in [3.8, 4) is 16.8 Å². The van der Waals surface area contributed by atoms with Gasteiger partial charge in [-0.3, -0.25) is 0 Å². The molecule has 0 bridgehead atoms. The summed E-state index contributed by atoms with van der Waals surface area (Å²) >= 11 is 0. The first-order chi connectivity index (χ1) is 24.8. The maximum atomic E-state index is 3.77. The normalized spacial score (nSPS) is 19.0. The smallest absolute Gasteiger partial charge is 0.0701 e. The third-order valence-electron chi connectivity index (χ3n) is 10.5. The van der Waals surface area contributed by atoms with Crippen LogP contribution in [0.4, 0.5) is 11.4 Å². The largest absolute Gasteiger partial charge is 0.374 e. The minimum absolute atomic E-state index is 0.149. The number of aromatic nitrogens is 1. The van der Waals surface area contributed by atoms with Gasteiger partial charge in [0.2, 0.25) is 0 Å². The molecule has 10 rings (SSSR count). The lowest BCUT2D eigenvalue weighted by atomic mass is 9.89. The number of hydrogen-bond donors (Lipinski definition) is 1. The summed E-state index contributed by atoms with van der Waals surface area (Å²) in [6.07, 6.45) is 15.7. The van der Waals surface area contributed by atoms with Crippen LogP contribution in [0, 0.1) is 0 Å². The molecule has 3 unspecified atom stereocenters. The third kappa shape index (κ3) is 4.66. The molecule has 0 radical (unpaired) electrons. The predicted octanol–water partition coefficient (Wildman–Crippen LogP) is 11.4. The lowest BCUT2D eigenvalue weighted by Gasteiger charge is -2.29. The van der Waals surface area contributed by atoms with Crippen LogP contribution in [0.3, 0.4) is 0 Å². The van der Waals surface area contributed by atoms with Crippen molar-refractivity contribution in [1.82, 2.24) is 9.88 Å². The van der Waals surface area contributed by atoms with Crippen LogP contribution < -0.4 is 10.2 Å². The number of anilines is 2.